The minimum Gasteiger partial charge on any atom is -0.353 e. The molecule has 0 aromatic carbocycles. The number of hydrogen-bond donors (Lipinski definition) is 0. The third-order valence-corrected chi connectivity index (χ3v) is 2.61. The highest BCUT2D eigenvalue weighted by Crippen LogP contribution is 2.28. The van der Waals surface area contributed by atoms with Gasteiger partial charge in [0.15, 0.2) is 0 Å². The van der Waals surface area contributed by atoms with Crippen molar-refractivity contribution in [3.8, 4) is 0 Å². The van der Waals surface area contributed by atoms with Crippen molar-refractivity contribution < 1.29 is 4.92 Å². The van der Waals surface area contributed by atoms with Crippen LogP contribution in [0.2, 0.25) is 5.28 Å². The zero-order valence-corrected chi connectivity index (χ0v) is 11.6. The largest absolute Gasteiger partial charge is 0.353 e. The van der Waals surface area contributed by atoms with Gasteiger partial charge in [-0.3, -0.25) is 10.1 Å². The molecule has 0 aliphatic carbocycles. The molecular formula is C10H16ClN5O2. The standard InChI is InChI=1S/C10H16ClN5O2/c1-7-8(16(17)18)9(13-10(11)12-7)15(4)6-5-14(2)3/h5-6H2,1-4H3. The number of halogens is 1. The predicted octanol–water partition coefficient (Wildman–Crippen LogP) is 1.34. The summed E-state index contributed by atoms with van der Waals surface area (Å²) in [5.74, 6) is 0.249. The predicted molar refractivity (Wildman–Crippen MR) is 70.3 cm³/mol. The molecule has 8 heteroatoms. The Morgan fingerprint density at radius 1 is 1.28 bits per heavy atom. The van der Waals surface area contributed by atoms with Crippen LogP contribution in [0, 0.1) is 17.0 Å². The Morgan fingerprint density at radius 3 is 2.39 bits per heavy atom. The molecule has 1 rings (SSSR count). The number of nitrogens with zero attached hydrogens (tertiary/aromatic N) is 5. The van der Waals surface area contributed by atoms with Gasteiger partial charge in [-0.1, -0.05) is 0 Å². The molecule has 1 aromatic rings. The quantitative estimate of drug-likeness (QED) is 0.458. The molecule has 0 aliphatic heterocycles. The number of rotatable bonds is 5. The fourth-order valence-electron chi connectivity index (χ4n) is 1.45. The lowest BCUT2D eigenvalue weighted by Gasteiger charge is -2.20. The van der Waals surface area contributed by atoms with Crippen LogP contribution in [-0.2, 0) is 0 Å². The first-order valence-corrected chi connectivity index (χ1v) is 5.75. The Bertz CT molecular complexity index is 452. The van der Waals surface area contributed by atoms with E-state index in [0.29, 0.717) is 6.54 Å². The molecule has 0 N–H and O–H groups in total. The molecule has 1 aromatic heterocycles. The summed E-state index contributed by atoms with van der Waals surface area (Å²) in [5, 5.41) is 11.1. The van der Waals surface area contributed by atoms with E-state index in [9.17, 15) is 10.1 Å². The molecule has 0 unspecified atom stereocenters. The van der Waals surface area contributed by atoms with Crippen molar-refractivity contribution in [2.45, 2.75) is 6.92 Å². The van der Waals surface area contributed by atoms with Crippen molar-refractivity contribution in [2.75, 3.05) is 39.1 Å². The van der Waals surface area contributed by atoms with Gasteiger partial charge in [-0.2, -0.15) is 4.98 Å². The van der Waals surface area contributed by atoms with E-state index in [4.69, 9.17) is 11.6 Å². The van der Waals surface area contributed by atoms with Gasteiger partial charge >= 0.3 is 5.69 Å². The van der Waals surface area contributed by atoms with Gasteiger partial charge in [0.2, 0.25) is 11.1 Å². The average Bonchev–Trinajstić information content (AvgIpc) is 2.23. The Hall–Kier alpha value is -1.47. The summed E-state index contributed by atoms with van der Waals surface area (Å²) in [6.45, 7) is 2.92. The zero-order chi connectivity index (χ0) is 13.9. The van der Waals surface area contributed by atoms with Gasteiger partial charge in [-0.15, -0.1) is 0 Å². The van der Waals surface area contributed by atoms with Crippen LogP contribution in [-0.4, -0.2) is 54.0 Å². The molecule has 0 bridgehead atoms. The molecule has 0 saturated carbocycles. The van der Waals surface area contributed by atoms with Crippen molar-refractivity contribution in [1.29, 1.82) is 0 Å². The van der Waals surface area contributed by atoms with Crippen molar-refractivity contribution >= 4 is 23.1 Å². The lowest BCUT2D eigenvalue weighted by atomic mass is 10.3. The summed E-state index contributed by atoms with van der Waals surface area (Å²) in [6.07, 6.45) is 0. The smallest absolute Gasteiger partial charge is 0.332 e. The van der Waals surface area contributed by atoms with E-state index in [2.05, 4.69) is 9.97 Å². The molecule has 100 valence electrons. The molecule has 18 heavy (non-hydrogen) atoms. The lowest BCUT2D eigenvalue weighted by Crippen LogP contribution is -2.29. The first kappa shape index (κ1) is 14.6. The number of hydrogen-bond acceptors (Lipinski definition) is 6. The molecule has 0 fully saturated rings. The van der Waals surface area contributed by atoms with Gasteiger partial charge in [0.25, 0.3) is 0 Å². The van der Waals surface area contributed by atoms with Gasteiger partial charge in [-0.05, 0) is 32.6 Å². The molecule has 1 heterocycles. The Morgan fingerprint density at radius 2 is 1.89 bits per heavy atom. The van der Waals surface area contributed by atoms with Gasteiger partial charge < -0.3 is 9.80 Å². The maximum absolute atomic E-state index is 11.0. The molecule has 0 amide bonds. The second kappa shape index (κ2) is 5.92. The van der Waals surface area contributed by atoms with Crippen LogP contribution in [0.3, 0.4) is 0 Å². The van der Waals surface area contributed by atoms with Crippen molar-refractivity contribution in [1.82, 2.24) is 14.9 Å². The normalized spacial score (nSPS) is 10.8. The van der Waals surface area contributed by atoms with Crippen LogP contribution in [0.5, 0.6) is 0 Å². The van der Waals surface area contributed by atoms with Crippen LogP contribution in [0.25, 0.3) is 0 Å². The van der Waals surface area contributed by atoms with Gasteiger partial charge in [0.1, 0.15) is 5.69 Å². The van der Waals surface area contributed by atoms with Crippen LogP contribution in [0.1, 0.15) is 5.69 Å². The van der Waals surface area contributed by atoms with E-state index >= 15 is 0 Å². The SMILES string of the molecule is Cc1nc(Cl)nc(N(C)CCN(C)C)c1[N+](=O)[O-]. The Kier molecular flexibility index (Phi) is 4.80. The average molecular weight is 274 g/mol. The summed E-state index contributed by atoms with van der Waals surface area (Å²) in [4.78, 5) is 22.0. The summed E-state index contributed by atoms with van der Waals surface area (Å²) < 4.78 is 0. The van der Waals surface area contributed by atoms with E-state index in [1.807, 2.05) is 19.0 Å². The fraction of sp³-hybridized carbons (Fsp3) is 0.600. The highest BCUT2D eigenvalue weighted by Gasteiger charge is 2.24. The van der Waals surface area contributed by atoms with Crippen molar-refractivity contribution in [3.05, 3.63) is 21.1 Å². The van der Waals surface area contributed by atoms with Crippen LogP contribution >= 0.6 is 11.6 Å². The van der Waals surface area contributed by atoms with Gasteiger partial charge in [0.05, 0.1) is 4.92 Å². The Balaban J connectivity index is 3.09. The summed E-state index contributed by atoms with van der Waals surface area (Å²) >= 11 is 5.75. The first-order chi connectivity index (χ1) is 8.32. The van der Waals surface area contributed by atoms with E-state index in [1.165, 1.54) is 0 Å². The van der Waals surface area contributed by atoms with E-state index in [0.717, 1.165) is 6.54 Å². The monoisotopic (exact) mass is 273 g/mol. The fourth-order valence-corrected chi connectivity index (χ4v) is 1.66. The van der Waals surface area contributed by atoms with Crippen LogP contribution < -0.4 is 4.90 Å². The second-order valence-electron chi connectivity index (χ2n) is 4.23. The minimum atomic E-state index is -0.479. The maximum Gasteiger partial charge on any atom is 0.332 e. The van der Waals surface area contributed by atoms with Gasteiger partial charge in [-0.25, -0.2) is 4.98 Å². The molecule has 0 radical (unpaired) electrons. The zero-order valence-electron chi connectivity index (χ0n) is 10.8. The van der Waals surface area contributed by atoms with Gasteiger partial charge in [0, 0.05) is 20.1 Å². The lowest BCUT2D eigenvalue weighted by molar-refractivity contribution is -0.385. The Labute approximate surface area is 111 Å². The molecule has 0 spiro atoms. The molecular weight excluding hydrogens is 258 g/mol. The van der Waals surface area contributed by atoms with E-state index < -0.39 is 4.92 Å². The minimum absolute atomic E-state index is 0.0183. The third-order valence-electron chi connectivity index (χ3n) is 2.44. The van der Waals surface area contributed by atoms with Crippen LogP contribution in [0.4, 0.5) is 11.5 Å². The van der Waals surface area contributed by atoms with E-state index in [-0.39, 0.29) is 22.5 Å². The second-order valence-corrected chi connectivity index (χ2v) is 4.57. The summed E-state index contributed by atoms with van der Waals surface area (Å²) in [6, 6.07) is 0. The topological polar surface area (TPSA) is 75.4 Å². The number of anilines is 1. The highest BCUT2D eigenvalue weighted by atomic mass is 35.5. The summed E-state index contributed by atoms with van der Waals surface area (Å²) in [7, 11) is 5.61. The number of aromatic nitrogens is 2. The van der Waals surface area contributed by atoms with Crippen molar-refractivity contribution in [3.63, 3.8) is 0 Å². The third kappa shape index (κ3) is 3.51. The molecule has 7 nitrogen and oxygen atoms in total. The first-order valence-electron chi connectivity index (χ1n) is 5.37. The maximum atomic E-state index is 11.0. The highest BCUT2D eigenvalue weighted by molar-refractivity contribution is 6.28. The number of likely N-dealkylation sites (N-methyl/N-ethyl adjacent to an activating group) is 2. The number of aryl methyl sites for hydroxylation is 1. The number of nitro groups is 1. The molecule has 0 saturated heterocycles. The van der Waals surface area contributed by atoms with E-state index in [1.54, 1.807) is 18.9 Å². The molecule has 0 atom stereocenters. The van der Waals surface area contributed by atoms with Crippen molar-refractivity contribution in [2.24, 2.45) is 0 Å². The summed E-state index contributed by atoms with van der Waals surface area (Å²) in [5.41, 5.74) is 0.173. The molecule has 0 aliphatic rings. The van der Waals surface area contributed by atoms with Crippen LogP contribution in [0.15, 0.2) is 0 Å².